The summed E-state index contributed by atoms with van der Waals surface area (Å²) < 4.78 is 11.0. The molecular formula is C19H24N2O6. The molecule has 1 aromatic carbocycles. The van der Waals surface area contributed by atoms with Gasteiger partial charge < -0.3 is 24.8 Å². The minimum Gasteiger partial charge on any atom is -0.486 e. The number of nitrogens with zero attached hydrogens (tertiary/aromatic N) is 1. The maximum atomic E-state index is 12.8. The normalized spacial score (nSPS) is 19.1. The first kappa shape index (κ1) is 19.0. The van der Waals surface area contributed by atoms with Crippen molar-refractivity contribution in [3.05, 3.63) is 18.2 Å². The van der Waals surface area contributed by atoms with Gasteiger partial charge in [0.2, 0.25) is 11.8 Å². The zero-order valence-electron chi connectivity index (χ0n) is 15.5. The third kappa shape index (κ3) is 4.32. The van der Waals surface area contributed by atoms with Gasteiger partial charge in [-0.15, -0.1) is 0 Å². The molecule has 1 aromatic rings. The number of aliphatic carboxylic acids is 1. The van der Waals surface area contributed by atoms with Crippen molar-refractivity contribution in [3.63, 3.8) is 0 Å². The second-order valence-corrected chi connectivity index (χ2v) is 7.43. The number of benzene rings is 1. The monoisotopic (exact) mass is 376 g/mol. The molecule has 3 rings (SSSR count). The molecule has 0 aliphatic carbocycles. The molecule has 1 atom stereocenters. The molecule has 8 heteroatoms. The second-order valence-electron chi connectivity index (χ2n) is 7.43. The Bertz CT molecular complexity index is 761. The number of fused-ring (bicyclic) bond motifs is 1. The lowest BCUT2D eigenvalue weighted by Crippen LogP contribution is -2.48. The first-order valence-corrected chi connectivity index (χ1v) is 9.02. The van der Waals surface area contributed by atoms with Gasteiger partial charge >= 0.3 is 5.97 Å². The zero-order chi connectivity index (χ0) is 19.6. The number of anilines is 1. The number of hydrogen-bond donors (Lipinski definition) is 2. The lowest BCUT2D eigenvalue weighted by Gasteiger charge is -2.27. The molecule has 27 heavy (non-hydrogen) atoms. The average molecular weight is 376 g/mol. The van der Waals surface area contributed by atoms with Gasteiger partial charge in [-0.2, -0.15) is 0 Å². The molecule has 2 heterocycles. The lowest BCUT2D eigenvalue weighted by molar-refractivity contribution is -0.138. The molecule has 0 radical (unpaired) electrons. The molecule has 1 unspecified atom stereocenters. The van der Waals surface area contributed by atoms with E-state index in [-0.39, 0.29) is 18.2 Å². The molecular weight excluding hydrogens is 352 g/mol. The molecule has 146 valence electrons. The second kappa shape index (κ2) is 7.46. The minimum atomic E-state index is -0.918. The highest BCUT2D eigenvalue weighted by Gasteiger charge is 2.39. The molecule has 2 aliphatic heterocycles. The molecule has 0 saturated carbocycles. The van der Waals surface area contributed by atoms with E-state index in [0.717, 1.165) is 0 Å². The summed E-state index contributed by atoms with van der Waals surface area (Å²) in [6, 6.07) is 5.30. The van der Waals surface area contributed by atoms with Crippen LogP contribution in [0.3, 0.4) is 0 Å². The van der Waals surface area contributed by atoms with Gasteiger partial charge in [-0.05, 0) is 38.8 Å². The van der Waals surface area contributed by atoms with E-state index in [1.54, 1.807) is 36.9 Å². The summed E-state index contributed by atoms with van der Waals surface area (Å²) in [5.74, 6) is -1.09. The van der Waals surface area contributed by atoms with Gasteiger partial charge in [0.25, 0.3) is 0 Å². The quantitative estimate of drug-likeness (QED) is 0.730. The number of carbonyl (C=O) groups excluding carboxylic acids is 2. The van der Waals surface area contributed by atoms with Gasteiger partial charge in [-0.1, -0.05) is 0 Å². The van der Waals surface area contributed by atoms with Crippen LogP contribution in [-0.4, -0.2) is 48.2 Å². The van der Waals surface area contributed by atoms with Crippen LogP contribution in [0.2, 0.25) is 0 Å². The molecule has 2 amide bonds. The van der Waals surface area contributed by atoms with Crippen molar-refractivity contribution in [3.8, 4) is 11.5 Å². The molecule has 1 saturated heterocycles. The largest absolute Gasteiger partial charge is 0.486 e. The van der Waals surface area contributed by atoms with Gasteiger partial charge in [-0.3, -0.25) is 14.4 Å². The highest BCUT2D eigenvalue weighted by Crippen LogP contribution is 2.36. The third-order valence-electron chi connectivity index (χ3n) is 4.78. The Balaban J connectivity index is 1.66. The van der Waals surface area contributed by atoms with Crippen molar-refractivity contribution in [1.29, 1.82) is 0 Å². The summed E-state index contributed by atoms with van der Waals surface area (Å²) in [6.07, 6.45) is 0.657. The summed E-state index contributed by atoms with van der Waals surface area (Å²) in [7, 11) is 0. The number of carboxylic acid groups (broad SMARTS) is 1. The maximum Gasteiger partial charge on any atom is 0.303 e. The average Bonchev–Trinajstić information content (AvgIpc) is 3.01. The molecule has 2 N–H and O–H groups in total. The van der Waals surface area contributed by atoms with E-state index in [4.69, 9.17) is 14.6 Å². The van der Waals surface area contributed by atoms with Gasteiger partial charge in [-0.25, -0.2) is 0 Å². The number of ether oxygens (including phenoxy) is 2. The Kier molecular flexibility index (Phi) is 5.25. The van der Waals surface area contributed by atoms with Gasteiger partial charge in [0.15, 0.2) is 11.5 Å². The highest BCUT2D eigenvalue weighted by atomic mass is 16.6. The van der Waals surface area contributed by atoms with Crippen LogP contribution in [0.5, 0.6) is 11.5 Å². The maximum absolute atomic E-state index is 12.8. The predicted octanol–water partition coefficient (Wildman–Crippen LogP) is 1.57. The van der Waals surface area contributed by atoms with E-state index in [1.807, 2.05) is 0 Å². The fourth-order valence-corrected chi connectivity index (χ4v) is 3.28. The van der Waals surface area contributed by atoms with Crippen LogP contribution in [0.25, 0.3) is 0 Å². The third-order valence-corrected chi connectivity index (χ3v) is 4.78. The number of carboxylic acids is 1. The molecule has 0 bridgehead atoms. The van der Waals surface area contributed by atoms with E-state index < -0.39 is 17.4 Å². The molecule has 0 aromatic heterocycles. The standard InChI is InChI=1S/C19H24N2O6/c1-19(2,7-5-16(22)23)20-17(24)13-6-8-21(18(13)25)12-3-4-14-15(11-12)27-10-9-26-14/h3-4,11,13H,5-10H2,1-2H3,(H,20,24)(H,22,23). The van der Waals surface area contributed by atoms with Crippen molar-refractivity contribution in [2.75, 3.05) is 24.7 Å². The van der Waals surface area contributed by atoms with E-state index >= 15 is 0 Å². The Morgan fingerprint density at radius 2 is 1.96 bits per heavy atom. The summed E-state index contributed by atoms with van der Waals surface area (Å²) in [5, 5.41) is 11.6. The predicted molar refractivity (Wildman–Crippen MR) is 97.0 cm³/mol. The fourth-order valence-electron chi connectivity index (χ4n) is 3.28. The number of hydrogen-bond acceptors (Lipinski definition) is 5. The van der Waals surface area contributed by atoms with E-state index in [0.29, 0.717) is 49.8 Å². The van der Waals surface area contributed by atoms with Crippen LogP contribution >= 0.6 is 0 Å². The van der Waals surface area contributed by atoms with Crippen molar-refractivity contribution in [1.82, 2.24) is 5.32 Å². The Labute approximate surface area is 157 Å². The van der Waals surface area contributed by atoms with E-state index in [1.165, 1.54) is 0 Å². The first-order chi connectivity index (χ1) is 12.8. The summed E-state index contributed by atoms with van der Waals surface area (Å²) in [5.41, 5.74) is -0.0233. The SMILES string of the molecule is CC(C)(CCC(=O)O)NC(=O)C1CCN(c2ccc3c(c2)OCCO3)C1=O. The number of nitrogens with one attached hydrogen (secondary N) is 1. The zero-order valence-corrected chi connectivity index (χ0v) is 15.5. The van der Waals surface area contributed by atoms with Crippen LogP contribution in [0.15, 0.2) is 18.2 Å². The molecule has 8 nitrogen and oxygen atoms in total. The Hall–Kier alpha value is -2.77. The fraction of sp³-hybridized carbons (Fsp3) is 0.526. The van der Waals surface area contributed by atoms with Gasteiger partial charge in [0.05, 0.1) is 0 Å². The summed E-state index contributed by atoms with van der Waals surface area (Å²) >= 11 is 0. The number of rotatable bonds is 6. The molecule has 2 aliphatic rings. The Morgan fingerprint density at radius 1 is 1.26 bits per heavy atom. The van der Waals surface area contributed by atoms with Crippen molar-refractivity contribution >= 4 is 23.5 Å². The number of carbonyl (C=O) groups is 3. The summed E-state index contributed by atoms with van der Waals surface area (Å²) in [6.45, 7) is 4.90. The van der Waals surface area contributed by atoms with Crippen molar-refractivity contribution < 1.29 is 29.0 Å². The van der Waals surface area contributed by atoms with Crippen molar-refractivity contribution in [2.45, 2.75) is 38.6 Å². The number of amides is 2. The molecule has 0 spiro atoms. The first-order valence-electron chi connectivity index (χ1n) is 9.02. The lowest BCUT2D eigenvalue weighted by atomic mass is 9.96. The van der Waals surface area contributed by atoms with E-state index in [2.05, 4.69) is 5.32 Å². The topological polar surface area (TPSA) is 105 Å². The van der Waals surface area contributed by atoms with Gasteiger partial charge in [0, 0.05) is 30.3 Å². The van der Waals surface area contributed by atoms with Crippen LogP contribution in [0.4, 0.5) is 5.69 Å². The van der Waals surface area contributed by atoms with Crippen LogP contribution in [-0.2, 0) is 14.4 Å². The minimum absolute atomic E-state index is 0.0464. The highest BCUT2D eigenvalue weighted by molar-refractivity contribution is 6.09. The smallest absolute Gasteiger partial charge is 0.303 e. The Morgan fingerprint density at radius 3 is 2.67 bits per heavy atom. The van der Waals surface area contributed by atoms with Gasteiger partial charge in [0.1, 0.15) is 19.1 Å². The molecule has 1 fully saturated rings. The van der Waals surface area contributed by atoms with E-state index in [9.17, 15) is 14.4 Å². The summed E-state index contributed by atoms with van der Waals surface area (Å²) in [4.78, 5) is 37.7. The van der Waals surface area contributed by atoms with Crippen LogP contribution < -0.4 is 19.7 Å². The van der Waals surface area contributed by atoms with Crippen LogP contribution in [0, 0.1) is 5.92 Å². The van der Waals surface area contributed by atoms with Crippen molar-refractivity contribution in [2.24, 2.45) is 5.92 Å². The van der Waals surface area contributed by atoms with Crippen LogP contribution in [0.1, 0.15) is 33.1 Å².